The minimum atomic E-state index is -0.282. The van der Waals surface area contributed by atoms with Crippen LogP contribution in [0.25, 0.3) is 0 Å². The highest BCUT2D eigenvalue weighted by molar-refractivity contribution is 5.88. The average Bonchev–Trinajstić information content (AvgIpc) is 2.88. The van der Waals surface area contributed by atoms with Gasteiger partial charge in [-0.15, -0.1) is 0 Å². The van der Waals surface area contributed by atoms with Gasteiger partial charge in [0.1, 0.15) is 0 Å². The molecule has 1 amide bonds. The molecule has 2 aliphatic rings. The molecule has 2 heterocycles. The Hall–Kier alpha value is -1.39. The smallest absolute Gasteiger partial charge is 0.268 e. The van der Waals surface area contributed by atoms with Crippen molar-refractivity contribution < 1.29 is 9.53 Å². The molecule has 126 valence electrons. The highest BCUT2D eigenvalue weighted by Gasteiger charge is 2.53. The number of carbonyl (C=O) groups is 1. The summed E-state index contributed by atoms with van der Waals surface area (Å²) < 4.78 is 5.98. The molecule has 0 radical (unpaired) electrons. The highest BCUT2D eigenvalue weighted by atomic mass is 16.5. The van der Waals surface area contributed by atoms with Crippen LogP contribution >= 0.6 is 0 Å². The predicted molar refractivity (Wildman–Crippen MR) is 90.6 cm³/mol. The lowest BCUT2D eigenvalue weighted by atomic mass is 9.95. The summed E-state index contributed by atoms with van der Waals surface area (Å²) in [6.07, 6.45) is 4.12. The fraction of sp³-hybridized carbons (Fsp3) is 0.632. The Bertz CT molecular complexity index is 523. The number of hydrogen-bond acceptors (Lipinski definition) is 3. The van der Waals surface area contributed by atoms with Gasteiger partial charge in [-0.25, -0.2) is 5.01 Å². The van der Waals surface area contributed by atoms with Gasteiger partial charge in [0, 0.05) is 12.1 Å². The van der Waals surface area contributed by atoms with Gasteiger partial charge in [0.2, 0.25) is 0 Å². The van der Waals surface area contributed by atoms with Gasteiger partial charge >= 0.3 is 0 Å². The van der Waals surface area contributed by atoms with Gasteiger partial charge in [0.25, 0.3) is 5.91 Å². The normalized spacial score (nSPS) is 31.4. The molecule has 3 rings (SSSR count). The number of amides is 1. The molecule has 0 aromatic heterocycles. The molecule has 4 atom stereocenters. The van der Waals surface area contributed by atoms with Crippen LogP contribution in [-0.2, 0) is 16.1 Å². The van der Waals surface area contributed by atoms with E-state index in [4.69, 9.17) is 4.74 Å². The number of carbonyl (C=O) groups excluding carboxylic acids is 1. The maximum atomic E-state index is 12.7. The van der Waals surface area contributed by atoms with Crippen molar-refractivity contribution in [1.82, 2.24) is 10.0 Å². The number of rotatable bonds is 6. The van der Waals surface area contributed by atoms with E-state index in [-0.39, 0.29) is 18.1 Å². The third-order valence-electron chi connectivity index (χ3n) is 5.14. The van der Waals surface area contributed by atoms with Crippen molar-refractivity contribution in [2.75, 3.05) is 0 Å². The number of benzene rings is 1. The van der Waals surface area contributed by atoms with Gasteiger partial charge in [0.05, 0.1) is 12.6 Å². The zero-order chi connectivity index (χ0) is 16.4. The Morgan fingerprint density at radius 1 is 1.13 bits per heavy atom. The summed E-state index contributed by atoms with van der Waals surface area (Å²) in [5.74, 6) is 0.139. The van der Waals surface area contributed by atoms with Crippen LogP contribution in [-0.4, -0.2) is 40.2 Å². The van der Waals surface area contributed by atoms with E-state index in [0.717, 1.165) is 18.4 Å². The Morgan fingerprint density at radius 3 is 2.39 bits per heavy atom. The van der Waals surface area contributed by atoms with Crippen molar-refractivity contribution in [3.05, 3.63) is 35.9 Å². The maximum absolute atomic E-state index is 12.7. The van der Waals surface area contributed by atoms with E-state index in [2.05, 4.69) is 25.8 Å². The van der Waals surface area contributed by atoms with Crippen molar-refractivity contribution >= 4 is 5.91 Å². The van der Waals surface area contributed by atoms with Crippen molar-refractivity contribution in [2.45, 2.75) is 77.3 Å². The zero-order valence-corrected chi connectivity index (χ0v) is 14.4. The quantitative estimate of drug-likeness (QED) is 0.754. The number of hydrogen-bond donors (Lipinski definition) is 0. The van der Waals surface area contributed by atoms with Crippen LogP contribution in [0.1, 0.15) is 52.0 Å². The molecule has 2 aliphatic heterocycles. The first kappa shape index (κ1) is 16.5. The summed E-state index contributed by atoms with van der Waals surface area (Å²) in [6, 6.07) is 11.2. The average molecular weight is 316 g/mol. The van der Waals surface area contributed by atoms with E-state index < -0.39 is 0 Å². The molecule has 4 heteroatoms. The SMILES string of the molecule is CCC[C@H]1[C@@H](OCc2ccccc2)C(=O)N1N1[C@H](C)CC[C@H]1C. The molecular weight excluding hydrogens is 288 g/mol. The summed E-state index contributed by atoms with van der Waals surface area (Å²) in [4.78, 5) is 12.7. The number of hydrazine groups is 1. The molecule has 2 fully saturated rings. The van der Waals surface area contributed by atoms with Crippen molar-refractivity contribution in [3.8, 4) is 0 Å². The first-order valence-corrected chi connectivity index (χ1v) is 8.90. The van der Waals surface area contributed by atoms with Crippen molar-refractivity contribution in [1.29, 1.82) is 0 Å². The monoisotopic (exact) mass is 316 g/mol. The molecule has 4 nitrogen and oxygen atoms in total. The van der Waals surface area contributed by atoms with Crippen LogP contribution in [0.4, 0.5) is 0 Å². The van der Waals surface area contributed by atoms with Crippen LogP contribution in [0.15, 0.2) is 30.3 Å². The molecule has 0 spiro atoms. The lowest BCUT2D eigenvalue weighted by Crippen LogP contribution is -2.72. The van der Waals surface area contributed by atoms with Gasteiger partial charge in [-0.05, 0) is 38.7 Å². The maximum Gasteiger partial charge on any atom is 0.268 e. The second kappa shape index (κ2) is 7.02. The first-order valence-electron chi connectivity index (χ1n) is 8.90. The fourth-order valence-corrected chi connectivity index (χ4v) is 3.91. The zero-order valence-electron chi connectivity index (χ0n) is 14.4. The largest absolute Gasteiger partial charge is 0.361 e. The molecule has 1 aromatic rings. The molecule has 2 saturated heterocycles. The van der Waals surface area contributed by atoms with Crippen LogP contribution in [0.5, 0.6) is 0 Å². The molecule has 0 N–H and O–H groups in total. The fourth-order valence-electron chi connectivity index (χ4n) is 3.91. The lowest BCUT2D eigenvalue weighted by Gasteiger charge is -2.53. The molecule has 23 heavy (non-hydrogen) atoms. The molecule has 0 bridgehead atoms. The topological polar surface area (TPSA) is 32.8 Å². The van der Waals surface area contributed by atoms with Crippen LogP contribution in [0, 0.1) is 0 Å². The summed E-state index contributed by atoms with van der Waals surface area (Å²) in [5.41, 5.74) is 1.12. The molecular formula is C19H28N2O2. The highest BCUT2D eigenvalue weighted by Crippen LogP contribution is 2.36. The van der Waals surface area contributed by atoms with E-state index in [0.29, 0.717) is 18.7 Å². The first-order chi connectivity index (χ1) is 11.1. The van der Waals surface area contributed by atoms with E-state index in [1.54, 1.807) is 0 Å². The van der Waals surface area contributed by atoms with Crippen molar-refractivity contribution in [3.63, 3.8) is 0 Å². The lowest BCUT2D eigenvalue weighted by molar-refractivity contribution is -0.221. The van der Waals surface area contributed by atoms with Crippen LogP contribution in [0.3, 0.4) is 0 Å². The predicted octanol–water partition coefficient (Wildman–Crippen LogP) is 3.37. The number of β-lactam (4-membered cyclic amide) rings is 1. The third-order valence-corrected chi connectivity index (χ3v) is 5.14. The van der Waals surface area contributed by atoms with E-state index >= 15 is 0 Å². The van der Waals surface area contributed by atoms with Gasteiger partial charge in [0.15, 0.2) is 6.10 Å². The number of nitrogens with zero attached hydrogens (tertiary/aromatic N) is 2. The second-order valence-corrected chi connectivity index (χ2v) is 6.91. The van der Waals surface area contributed by atoms with Crippen molar-refractivity contribution in [2.24, 2.45) is 0 Å². The summed E-state index contributed by atoms with van der Waals surface area (Å²) in [5, 5.41) is 4.30. The van der Waals surface area contributed by atoms with Crippen LogP contribution < -0.4 is 0 Å². The van der Waals surface area contributed by atoms with Crippen LogP contribution in [0.2, 0.25) is 0 Å². The summed E-state index contributed by atoms with van der Waals surface area (Å²) >= 11 is 0. The molecule has 0 aliphatic carbocycles. The van der Waals surface area contributed by atoms with E-state index in [9.17, 15) is 4.79 Å². The Labute approximate surface area is 139 Å². The Morgan fingerprint density at radius 2 is 1.78 bits per heavy atom. The van der Waals surface area contributed by atoms with E-state index in [1.807, 2.05) is 35.3 Å². The summed E-state index contributed by atoms with van der Waals surface area (Å²) in [6.45, 7) is 7.12. The summed E-state index contributed by atoms with van der Waals surface area (Å²) in [7, 11) is 0. The van der Waals surface area contributed by atoms with Gasteiger partial charge in [-0.2, -0.15) is 0 Å². The standard InChI is InChI=1S/C19H28N2O2/c1-4-8-17-18(23-13-16-9-6-5-7-10-16)19(22)21(17)20-14(2)11-12-15(20)3/h5-7,9-10,14-15,17-18H,4,8,11-13H2,1-3H3/t14-,15-,17+,18-/m1/s1. The molecule has 0 unspecified atom stereocenters. The minimum Gasteiger partial charge on any atom is -0.361 e. The van der Waals surface area contributed by atoms with Gasteiger partial charge in [-0.3, -0.25) is 9.80 Å². The second-order valence-electron chi connectivity index (χ2n) is 6.91. The molecule has 1 aromatic carbocycles. The van der Waals surface area contributed by atoms with Gasteiger partial charge < -0.3 is 4.74 Å². The Balaban J connectivity index is 1.66. The minimum absolute atomic E-state index is 0.139. The third kappa shape index (κ3) is 3.15. The Kier molecular flexibility index (Phi) is 5.02. The van der Waals surface area contributed by atoms with E-state index in [1.165, 1.54) is 12.8 Å². The number of ether oxygens (including phenoxy) is 1. The molecule has 0 saturated carbocycles. The van der Waals surface area contributed by atoms with Gasteiger partial charge in [-0.1, -0.05) is 43.7 Å².